The zero-order valence-electron chi connectivity index (χ0n) is 24.6. The Labute approximate surface area is 233 Å². The van der Waals surface area contributed by atoms with Gasteiger partial charge in [0.15, 0.2) is 11.5 Å². The van der Waals surface area contributed by atoms with Gasteiger partial charge in [-0.2, -0.15) is 5.26 Å². The molecule has 0 saturated carbocycles. The first-order valence-corrected chi connectivity index (χ1v) is 12.4. The number of nitriles is 1. The second-order valence-electron chi connectivity index (χ2n) is 8.66. The Morgan fingerprint density at radius 2 is 1.97 bits per heavy atom. The van der Waals surface area contributed by atoms with E-state index in [0.717, 1.165) is 25.9 Å². The predicted octanol–water partition coefficient (Wildman–Crippen LogP) is 5.58. The van der Waals surface area contributed by atoms with Crippen LogP contribution in [0.5, 0.6) is 17.2 Å². The number of benzene rings is 2. The van der Waals surface area contributed by atoms with Crippen LogP contribution < -0.4 is 19.5 Å². The number of nitrogens with zero attached hydrogens (tertiary/aromatic N) is 4. The lowest BCUT2D eigenvalue weighted by molar-refractivity contribution is 0.238. The number of anilines is 2. The van der Waals surface area contributed by atoms with Crippen molar-refractivity contribution in [2.75, 3.05) is 59.8 Å². The number of hydrogen-bond donors (Lipinski definition) is 1. The number of ether oxygens (including phenoxy) is 3. The highest BCUT2D eigenvalue weighted by molar-refractivity contribution is 6.37. The van der Waals surface area contributed by atoms with E-state index >= 15 is 0 Å². The fourth-order valence-corrected chi connectivity index (χ4v) is 4.84. The van der Waals surface area contributed by atoms with Crippen molar-refractivity contribution in [3.8, 4) is 23.3 Å². The Hall–Kier alpha value is -2.96. The van der Waals surface area contributed by atoms with E-state index in [4.69, 9.17) is 42.9 Å². The lowest BCUT2D eigenvalue weighted by atomic mass is 10.1. The third-order valence-electron chi connectivity index (χ3n) is 6.32. The van der Waals surface area contributed by atoms with Crippen molar-refractivity contribution in [2.24, 2.45) is 0 Å². The molecule has 10 heteroatoms. The summed E-state index contributed by atoms with van der Waals surface area (Å²) in [6.45, 7) is -0.110. The van der Waals surface area contributed by atoms with E-state index in [2.05, 4.69) is 21.3 Å². The van der Waals surface area contributed by atoms with Gasteiger partial charge in [-0.15, -0.1) is 0 Å². The second-order valence-corrected chi connectivity index (χ2v) is 9.48. The average molecular weight is 549 g/mol. The Kier molecular flexibility index (Phi) is 7.19. The molecule has 0 aliphatic carbocycles. The molecular formula is C27H31Cl2N5O3. The van der Waals surface area contributed by atoms with E-state index in [-0.39, 0.29) is 6.04 Å². The van der Waals surface area contributed by atoms with Gasteiger partial charge in [0, 0.05) is 48.3 Å². The summed E-state index contributed by atoms with van der Waals surface area (Å²) < 4.78 is 47.6. The van der Waals surface area contributed by atoms with Crippen LogP contribution in [0.1, 0.15) is 23.9 Å². The minimum atomic E-state index is -1.33. The quantitative estimate of drug-likeness (QED) is 0.329. The summed E-state index contributed by atoms with van der Waals surface area (Å²) in [6, 6.07) is 8.76. The first-order valence-electron chi connectivity index (χ1n) is 14.0. The number of fused-ring (bicyclic) bond motifs is 1. The largest absolute Gasteiger partial charge is 0.495 e. The molecule has 1 aliphatic heterocycles. The molecule has 1 fully saturated rings. The first kappa shape index (κ1) is 22.1. The van der Waals surface area contributed by atoms with Crippen molar-refractivity contribution >= 4 is 45.5 Å². The van der Waals surface area contributed by atoms with E-state index in [1.165, 1.54) is 25.3 Å². The van der Waals surface area contributed by atoms with Crippen LogP contribution in [0.4, 0.5) is 11.4 Å². The normalized spacial score (nSPS) is 17.4. The monoisotopic (exact) mass is 547 g/mol. The molecule has 3 aromatic rings. The van der Waals surface area contributed by atoms with E-state index < -0.39 is 14.0 Å². The molecule has 1 atom stereocenters. The summed E-state index contributed by atoms with van der Waals surface area (Å²) in [7, 11) is 3.04. The van der Waals surface area contributed by atoms with Crippen molar-refractivity contribution < 1.29 is 19.7 Å². The van der Waals surface area contributed by atoms with Crippen LogP contribution in [0.15, 0.2) is 30.5 Å². The lowest BCUT2D eigenvalue weighted by Crippen LogP contribution is -2.32. The Morgan fingerprint density at radius 1 is 1.16 bits per heavy atom. The van der Waals surface area contributed by atoms with Gasteiger partial charge >= 0.3 is 0 Å². The van der Waals surface area contributed by atoms with Crippen molar-refractivity contribution in [3.05, 3.63) is 46.1 Å². The summed E-state index contributed by atoms with van der Waals surface area (Å²) in [5, 5.41) is 14.4. The summed E-state index contributed by atoms with van der Waals surface area (Å²) in [5.74, 6) is 1.42. The minimum absolute atomic E-state index is 0.146. The molecule has 1 aliphatic rings. The number of likely N-dealkylation sites (N-methyl/N-ethyl adjacent to an activating group) is 1. The van der Waals surface area contributed by atoms with Gasteiger partial charge in [-0.1, -0.05) is 23.2 Å². The molecular weight excluding hydrogens is 513 g/mol. The lowest BCUT2D eigenvalue weighted by Gasteiger charge is -2.20. The van der Waals surface area contributed by atoms with E-state index in [1.807, 2.05) is 0 Å². The molecule has 2 aromatic carbocycles. The molecule has 2 heterocycles. The second kappa shape index (κ2) is 12.1. The van der Waals surface area contributed by atoms with Gasteiger partial charge in [0.05, 0.1) is 53.3 Å². The molecule has 0 bridgehead atoms. The van der Waals surface area contributed by atoms with Crippen LogP contribution in [0.25, 0.3) is 10.9 Å². The third-order valence-corrected chi connectivity index (χ3v) is 6.93. The number of nitrogens with one attached hydrogen (secondary N) is 1. The molecule has 8 nitrogen and oxygen atoms in total. The van der Waals surface area contributed by atoms with Crippen LogP contribution >= 0.6 is 23.2 Å². The third kappa shape index (κ3) is 6.13. The summed E-state index contributed by atoms with van der Waals surface area (Å²) in [4.78, 5) is 7.94. The van der Waals surface area contributed by atoms with E-state index in [1.54, 1.807) is 24.3 Å². The smallest absolute Gasteiger partial charge is 0.163 e. The van der Waals surface area contributed by atoms with Gasteiger partial charge in [-0.05, 0) is 45.5 Å². The zero-order valence-corrected chi connectivity index (χ0v) is 22.1. The number of pyridine rings is 1. The molecule has 0 radical (unpaired) electrons. The molecule has 1 unspecified atom stereocenters. The summed E-state index contributed by atoms with van der Waals surface area (Å²) in [5.41, 5.74) is 1.90. The first-order chi connectivity index (χ1) is 19.7. The molecule has 37 heavy (non-hydrogen) atoms. The molecule has 1 N–H and O–H groups in total. The summed E-state index contributed by atoms with van der Waals surface area (Å²) >= 11 is 12.6. The number of methoxy groups -OCH3 is 2. The number of halogens is 2. The van der Waals surface area contributed by atoms with Gasteiger partial charge in [0.25, 0.3) is 0 Å². The number of likely N-dealkylation sites (tertiary alicyclic amines) is 1. The van der Waals surface area contributed by atoms with Crippen LogP contribution in [0.3, 0.4) is 0 Å². The van der Waals surface area contributed by atoms with Crippen LogP contribution in [-0.4, -0.2) is 75.3 Å². The van der Waals surface area contributed by atoms with Gasteiger partial charge in [-0.25, -0.2) is 0 Å². The van der Waals surface area contributed by atoms with Gasteiger partial charge < -0.3 is 29.3 Å². The van der Waals surface area contributed by atoms with Crippen molar-refractivity contribution in [2.45, 2.75) is 18.9 Å². The highest BCUT2D eigenvalue weighted by Crippen LogP contribution is 2.40. The number of rotatable bonds is 10. The molecule has 1 aromatic heterocycles. The van der Waals surface area contributed by atoms with Crippen LogP contribution in [0, 0.1) is 11.3 Å². The molecule has 1 saturated heterocycles. The predicted molar refractivity (Wildman–Crippen MR) is 148 cm³/mol. The molecule has 0 amide bonds. The number of aromatic nitrogens is 1. The van der Waals surface area contributed by atoms with Crippen LogP contribution in [-0.2, 0) is 0 Å². The zero-order chi connectivity index (χ0) is 29.7. The molecule has 0 spiro atoms. The Morgan fingerprint density at radius 3 is 2.70 bits per heavy atom. The SMILES string of the molecule is [2H]C([2H])N(C([2H])[2H])C1CCN(CCCOc2cc3ncc(C#N)c(Nc4cc(OC)c(Cl)cc4Cl)c3cc2OC)C1. The van der Waals surface area contributed by atoms with Gasteiger partial charge in [-0.3, -0.25) is 4.98 Å². The van der Waals surface area contributed by atoms with Gasteiger partial charge in [0.2, 0.25) is 0 Å². The Balaban J connectivity index is 1.48. The van der Waals surface area contributed by atoms with E-state index in [0.29, 0.717) is 68.3 Å². The molecule has 196 valence electrons. The maximum Gasteiger partial charge on any atom is 0.163 e. The van der Waals surface area contributed by atoms with Gasteiger partial charge in [0.1, 0.15) is 11.8 Å². The number of hydrogen-bond acceptors (Lipinski definition) is 8. The average Bonchev–Trinajstić information content (AvgIpc) is 3.39. The topological polar surface area (TPSA) is 82.9 Å². The standard InChI is InChI=1S/C27H31Cl2N5O3/c1-33(2)18-6-8-34(16-18)7-5-9-37-26-12-22-19(10-25(26)36-4)27(17(14-30)15-31-22)32-23-13-24(35-3)21(29)11-20(23)28/h10-13,15,18H,5-9,16H2,1-4H3,(H,31,32)/i1D2,2D2. The van der Waals surface area contributed by atoms with Crippen LogP contribution in [0.2, 0.25) is 10.0 Å². The maximum atomic E-state index is 9.78. The van der Waals surface area contributed by atoms with Crippen molar-refractivity contribution in [3.63, 3.8) is 0 Å². The maximum absolute atomic E-state index is 9.78. The van der Waals surface area contributed by atoms with Crippen molar-refractivity contribution in [1.29, 1.82) is 5.26 Å². The highest BCUT2D eigenvalue weighted by Gasteiger charge is 2.23. The summed E-state index contributed by atoms with van der Waals surface area (Å²) in [6.07, 6.45) is 2.92. The molecule has 4 rings (SSSR count). The highest BCUT2D eigenvalue weighted by atomic mass is 35.5. The van der Waals surface area contributed by atoms with E-state index in [9.17, 15) is 5.26 Å². The van der Waals surface area contributed by atoms with Crippen molar-refractivity contribution in [1.82, 2.24) is 14.8 Å². The minimum Gasteiger partial charge on any atom is -0.495 e. The fraction of sp³-hybridized carbons (Fsp3) is 0.407. The fourth-order valence-electron chi connectivity index (χ4n) is 4.34. The Bertz CT molecular complexity index is 1420.